The Balaban J connectivity index is 2.79. The van der Waals surface area contributed by atoms with Crippen LogP contribution in [0.2, 0.25) is 4.34 Å². The van der Waals surface area contributed by atoms with Crippen LogP contribution in [-0.4, -0.2) is 6.54 Å². The van der Waals surface area contributed by atoms with Gasteiger partial charge in [-0.1, -0.05) is 32.4 Å². The van der Waals surface area contributed by atoms with Crippen molar-refractivity contribution in [3.8, 4) is 0 Å². The van der Waals surface area contributed by atoms with E-state index in [1.807, 2.05) is 0 Å². The van der Waals surface area contributed by atoms with E-state index >= 15 is 0 Å². The standard InChI is InChI=1S/C11H17BrClNS/c1-4-5-14-10(7(2)3)9-6-8(12)11(13)15-9/h6-7,10,14H,4-5H2,1-3H3. The van der Waals surface area contributed by atoms with Crippen molar-refractivity contribution in [3.63, 3.8) is 0 Å². The Bertz CT molecular complexity index is 292. The minimum atomic E-state index is 0.416. The van der Waals surface area contributed by atoms with Gasteiger partial charge in [-0.3, -0.25) is 0 Å². The number of nitrogens with one attached hydrogen (secondary N) is 1. The Labute approximate surface area is 109 Å². The summed E-state index contributed by atoms with van der Waals surface area (Å²) in [5.41, 5.74) is 0. The van der Waals surface area contributed by atoms with Gasteiger partial charge < -0.3 is 5.32 Å². The molecule has 0 fully saturated rings. The second-order valence-corrected chi connectivity index (χ2v) is 6.49. The molecule has 0 saturated carbocycles. The molecule has 1 unspecified atom stereocenters. The number of hydrogen-bond donors (Lipinski definition) is 1. The average molecular weight is 311 g/mol. The van der Waals surface area contributed by atoms with Crippen molar-refractivity contribution >= 4 is 38.9 Å². The lowest BCUT2D eigenvalue weighted by Gasteiger charge is -2.20. The van der Waals surface area contributed by atoms with Crippen LogP contribution in [-0.2, 0) is 0 Å². The van der Waals surface area contributed by atoms with Gasteiger partial charge in [0.05, 0.1) is 0 Å². The summed E-state index contributed by atoms with van der Waals surface area (Å²) in [6.45, 7) is 7.70. The summed E-state index contributed by atoms with van der Waals surface area (Å²) in [6.07, 6.45) is 1.16. The lowest BCUT2D eigenvalue weighted by atomic mass is 10.0. The minimum absolute atomic E-state index is 0.416. The average Bonchev–Trinajstić information content (AvgIpc) is 2.47. The molecule has 1 aromatic rings. The van der Waals surface area contributed by atoms with Gasteiger partial charge in [0.15, 0.2) is 0 Å². The molecule has 0 amide bonds. The summed E-state index contributed by atoms with van der Waals surface area (Å²) in [5, 5.41) is 3.56. The van der Waals surface area contributed by atoms with Gasteiger partial charge in [0, 0.05) is 15.4 Å². The fraction of sp³-hybridized carbons (Fsp3) is 0.636. The molecule has 0 bridgehead atoms. The van der Waals surface area contributed by atoms with E-state index in [9.17, 15) is 0 Å². The van der Waals surface area contributed by atoms with Gasteiger partial charge in [-0.05, 0) is 40.9 Å². The van der Waals surface area contributed by atoms with E-state index in [1.54, 1.807) is 11.3 Å². The Morgan fingerprint density at radius 2 is 2.20 bits per heavy atom. The number of thiophene rings is 1. The molecular weight excluding hydrogens is 294 g/mol. The van der Waals surface area contributed by atoms with E-state index in [0.717, 1.165) is 21.8 Å². The second-order valence-electron chi connectivity index (χ2n) is 3.95. The number of halogens is 2. The third-order valence-electron chi connectivity index (χ3n) is 2.25. The molecule has 0 aliphatic rings. The van der Waals surface area contributed by atoms with Crippen molar-refractivity contribution in [1.29, 1.82) is 0 Å². The van der Waals surface area contributed by atoms with Crippen LogP contribution >= 0.6 is 38.9 Å². The van der Waals surface area contributed by atoms with E-state index in [2.05, 4.69) is 48.1 Å². The maximum absolute atomic E-state index is 6.06. The molecule has 0 saturated heterocycles. The molecule has 4 heteroatoms. The quantitative estimate of drug-likeness (QED) is 0.819. The van der Waals surface area contributed by atoms with Crippen LogP contribution in [0.5, 0.6) is 0 Å². The summed E-state index contributed by atoms with van der Waals surface area (Å²) in [4.78, 5) is 1.32. The highest BCUT2D eigenvalue weighted by atomic mass is 79.9. The summed E-state index contributed by atoms with van der Waals surface area (Å²) in [6, 6.07) is 2.54. The Morgan fingerprint density at radius 3 is 2.60 bits per heavy atom. The summed E-state index contributed by atoms with van der Waals surface area (Å²) in [7, 11) is 0. The van der Waals surface area contributed by atoms with Gasteiger partial charge >= 0.3 is 0 Å². The van der Waals surface area contributed by atoms with Gasteiger partial charge in [0.1, 0.15) is 4.34 Å². The predicted octanol–water partition coefficient (Wildman–Crippen LogP) is 4.86. The van der Waals surface area contributed by atoms with Gasteiger partial charge in [-0.15, -0.1) is 11.3 Å². The molecule has 1 N–H and O–H groups in total. The zero-order chi connectivity index (χ0) is 11.4. The Hall–Kier alpha value is 0.430. The van der Waals surface area contributed by atoms with Gasteiger partial charge in [0.2, 0.25) is 0 Å². The highest BCUT2D eigenvalue weighted by Gasteiger charge is 2.18. The van der Waals surface area contributed by atoms with Gasteiger partial charge in [-0.25, -0.2) is 0 Å². The molecule has 1 nitrogen and oxygen atoms in total. The molecule has 0 aromatic carbocycles. The smallest absolute Gasteiger partial charge is 0.107 e. The summed E-state index contributed by atoms with van der Waals surface area (Å²) >= 11 is 11.2. The molecule has 0 aliphatic carbocycles. The van der Waals surface area contributed by atoms with E-state index in [-0.39, 0.29) is 0 Å². The van der Waals surface area contributed by atoms with Crippen LogP contribution in [0.1, 0.15) is 38.1 Å². The van der Waals surface area contributed by atoms with Gasteiger partial charge in [0.25, 0.3) is 0 Å². The molecular formula is C11H17BrClNS. The number of rotatable bonds is 5. The van der Waals surface area contributed by atoms with Crippen molar-refractivity contribution in [2.45, 2.75) is 33.2 Å². The second kappa shape index (κ2) is 6.24. The molecule has 0 aliphatic heterocycles. The predicted molar refractivity (Wildman–Crippen MR) is 72.9 cm³/mol. The van der Waals surface area contributed by atoms with Gasteiger partial charge in [-0.2, -0.15) is 0 Å². The first-order valence-corrected chi connectivity index (χ1v) is 7.23. The van der Waals surface area contributed by atoms with Crippen LogP contribution in [0, 0.1) is 5.92 Å². The normalized spacial score (nSPS) is 13.5. The van der Waals surface area contributed by atoms with Crippen molar-refractivity contribution < 1.29 is 0 Å². The largest absolute Gasteiger partial charge is 0.309 e. The molecule has 0 radical (unpaired) electrons. The SMILES string of the molecule is CCCNC(c1cc(Br)c(Cl)s1)C(C)C. The van der Waals surface area contributed by atoms with Crippen molar-refractivity contribution in [2.75, 3.05) is 6.54 Å². The first-order chi connectivity index (χ1) is 7.06. The third kappa shape index (κ3) is 3.74. The van der Waals surface area contributed by atoms with Crippen LogP contribution in [0.3, 0.4) is 0 Å². The minimum Gasteiger partial charge on any atom is -0.309 e. The van der Waals surface area contributed by atoms with Crippen molar-refractivity contribution in [2.24, 2.45) is 5.92 Å². The monoisotopic (exact) mass is 309 g/mol. The molecule has 1 heterocycles. The van der Waals surface area contributed by atoms with E-state index in [1.165, 1.54) is 4.88 Å². The van der Waals surface area contributed by atoms with E-state index in [4.69, 9.17) is 11.6 Å². The van der Waals surface area contributed by atoms with Crippen molar-refractivity contribution in [1.82, 2.24) is 5.32 Å². The topological polar surface area (TPSA) is 12.0 Å². The third-order valence-corrected chi connectivity index (χ3v) is 4.81. The zero-order valence-electron chi connectivity index (χ0n) is 9.31. The fourth-order valence-electron chi connectivity index (χ4n) is 1.48. The Morgan fingerprint density at radius 1 is 1.53 bits per heavy atom. The first kappa shape index (κ1) is 13.5. The molecule has 86 valence electrons. The maximum atomic E-state index is 6.06. The van der Waals surface area contributed by atoms with Crippen LogP contribution in [0.4, 0.5) is 0 Å². The van der Waals surface area contributed by atoms with Crippen molar-refractivity contribution in [3.05, 3.63) is 19.8 Å². The summed E-state index contributed by atoms with van der Waals surface area (Å²) < 4.78 is 1.85. The maximum Gasteiger partial charge on any atom is 0.107 e. The van der Waals surface area contributed by atoms with E-state index < -0.39 is 0 Å². The highest BCUT2D eigenvalue weighted by Crippen LogP contribution is 2.37. The first-order valence-electron chi connectivity index (χ1n) is 5.24. The highest BCUT2D eigenvalue weighted by molar-refractivity contribution is 9.10. The molecule has 15 heavy (non-hydrogen) atoms. The van der Waals surface area contributed by atoms with Crippen LogP contribution < -0.4 is 5.32 Å². The lowest BCUT2D eigenvalue weighted by molar-refractivity contribution is 0.418. The van der Waals surface area contributed by atoms with Crippen LogP contribution in [0.15, 0.2) is 10.5 Å². The molecule has 1 rings (SSSR count). The molecule has 1 aromatic heterocycles. The Kier molecular flexibility index (Phi) is 5.61. The molecule has 1 atom stereocenters. The zero-order valence-corrected chi connectivity index (χ0v) is 12.5. The molecule has 0 spiro atoms. The lowest BCUT2D eigenvalue weighted by Crippen LogP contribution is -2.25. The number of hydrogen-bond acceptors (Lipinski definition) is 2. The van der Waals surface area contributed by atoms with Crippen LogP contribution in [0.25, 0.3) is 0 Å². The van der Waals surface area contributed by atoms with E-state index in [0.29, 0.717) is 12.0 Å². The fourth-order valence-corrected chi connectivity index (χ4v) is 3.47. The summed E-state index contributed by atoms with van der Waals surface area (Å²) in [5.74, 6) is 0.582.